The van der Waals surface area contributed by atoms with Crippen LogP contribution < -0.4 is 5.73 Å². The maximum atomic E-state index is 6.45. The van der Waals surface area contributed by atoms with Crippen LogP contribution in [0.4, 0.5) is 0 Å². The molecule has 2 N–H and O–H groups in total. The molecule has 3 atom stereocenters. The van der Waals surface area contributed by atoms with Gasteiger partial charge in [-0.25, -0.2) is 0 Å². The van der Waals surface area contributed by atoms with E-state index < -0.39 is 0 Å². The van der Waals surface area contributed by atoms with E-state index in [4.69, 9.17) is 5.73 Å². The van der Waals surface area contributed by atoms with Crippen molar-refractivity contribution in [2.45, 2.75) is 78.7 Å². The molecule has 1 nitrogen and oxygen atoms in total. The van der Waals surface area contributed by atoms with Crippen LogP contribution in [0.25, 0.3) is 0 Å². The lowest BCUT2D eigenvalue weighted by atomic mass is 9.62. The van der Waals surface area contributed by atoms with E-state index in [1.165, 1.54) is 44.9 Å². The van der Waals surface area contributed by atoms with Gasteiger partial charge in [0, 0.05) is 6.04 Å². The van der Waals surface area contributed by atoms with Gasteiger partial charge in [-0.15, -0.1) is 0 Å². The van der Waals surface area contributed by atoms with E-state index in [1.807, 2.05) is 0 Å². The van der Waals surface area contributed by atoms with Gasteiger partial charge in [-0.05, 0) is 61.2 Å². The summed E-state index contributed by atoms with van der Waals surface area (Å²) >= 11 is 0. The second-order valence-corrected chi connectivity index (χ2v) is 8.22. The molecule has 2 fully saturated rings. The fraction of sp³-hybridized carbons (Fsp3) is 1.00. The van der Waals surface area contributed by atoms with Crippen molar-refractivity contribution in [3.05, 3.63) is 0 Å². The van der Waals surface area contributed by atoms with Crippen molar-refractivity contribution in [1.29, 1.82) is 0 Å². The zero-order valence-electron chi connectivity index (χ0n) is 12.9. The van der Waals surface area contributed by atoms with E-state index in [0.717, 1.165) is 23.7 Å². The summed E-state index contributed by atoms with van der Waals surface area (Å²) in [6.45, 7) is 9.65. The Morgan fingerprint density at radius 1 is 0.889 bits per heavy atom. The van der Waals surface area contributed by atoms with Gasteiger partial charge in [0.2, 0.25) is 0 Å². The molecule has 0 aliphatic heterocycles. The molecule has 0 aromatic heterocycles. The molecule has 0 radical (unpaired) electrons. The van der Waals surface area contributed by atoms with E-state index in [2.05, 4.69) is 27.7 Å². The number of rotatable bonds is 1. The van der Waals surface area contributed by atoms with Gasteiger partial charge in [0.1, 0.15) is 0 Å². The van der Waals surface area contributed by atoms with Gasteiger partial charge < -0.3 is 5.73 Å². The average Bonchev–Trinajstić information content (AvgIpc) is 2.29. The normalized spacial score (nSPS) is 42.8. The van der Waals surface area contributed by atoms with Crippen molar-refractivity contribution in [2.75, 3.05) is 0 Å². The second-order valence-electron chi connectivity index (χ2n) is 8.22. The SMILES string of the molecule is CC1CCC(C2CC(C(C)(C)C)CCC2N)CC1. The predicted octanol–water partition coefficient (Wildman–Crippen LogP) is 4.60. The summed E-state index contributed by atoms with van der Waals surface area (Å²) in [7, 11) is 0. The minimum atomic E-state index is 0.473. The Kier molecular flexibility index (Phi) is 4.41. The largest absolute Gasteiger partial charge is 0.327 e. The maximum absolute atomic E-state index is 6.45. The molecule has 0 bridgehead atoms. The molecule has 0 spiro atoms. The van der Waals surface area contributed by atoms with Crippen molar-refractivity contribution in [3.63, 3.8) is 0 Å². The van der Waals surface area contributed by atoms with E-state index in [0.29, 0.717) is 11.5 Å². The second kappa shape index (κ2) is 5.53. The standard InChI is InChI=1S/C17H33N/c1-12-5-7-13(8-6-12)15-11-14(17(2,3)4)9-10-16(15)18/h12-16H,5-11,18H2,1-4H3. The van der Waals surface area contributed by atoms with E-state index in [1.54, 1.807) is 0 Å². The molecule has 1 heteroatoms. The lowest BCUT2D eigenvalue weighted by Crippen LogP contribution is -2.43. The summed E-state index contributed by atoms with van der Waals surface area (Å²) in [6.07, 6.45) is 9.77. The molecule has 106 valence electrons. The van der Waals surface area contributed by atoms with Crippen molar-refractivity contribution < 1.29 is 0 Å². The zero-order chi connectivity index (χ0) is 13.3. The fourth-order valence-corrected chi connectivity index (χ4v) is 4.27. The first kappa shape index (κ1) is 14.4. The van der Waals surface area contributed by atoms with Gasteiger partial charge in [0.25, 0.3) is 0 Å². The summed E-state index contributed by atoms with van der Waals surface area (Å²) in [6, 6.07) is 0.488. The molecule has 2 saturated carbocycles. The van der Waals surface area contributed by atoms with Crippen LogP contribution in [0, 0.1) is 29.1 Å². The van der Waals surface area contributed by atoms with Gasteiger partial charge in [-0.3, -0.25) is 0 Å². The summed E-state index contributed by atoms with van der Waals surface area (Å²) < 4.78 is 0. The molecule has 0 aromatic rings. The highest BCUT2D eigenvalue weighted by Crippen LogP contribution is 2.45. The predicted molar refractivity (Wildman–Crippen MR) is 79.4 cm³/mol. The first-order valence-electron chi connectivity index (χ1n) is 8.13. The lowest BCUT2D eigenvalue weighted by Gasteiger charge is -2.45. The summed E-state index contributed by atoms with van der Waals surface area (Å²) in [5.41, 5.74) is 6.92. The molecule has 2 aliphatic rings. The number of hydrogen-bond acceptors (Lipinski definition) is 1. The van der Waals surface area contributed by atoms with Crippen molar-refractivity contribution >= 4 is 0 Å². The Morgan fingerprint density at radius 2 is 1.50 bits per heavy atom. The van der Waals surface area contributed by atoms with Crippen LogP contribution in [-0.4, -0.2) is 6.04 Å². The van der Waals surface area contributed by atoms with E-state index in [-0.39, 0.29) is 0 Å². The quantitative estimate of drug-likeness (QED) is 0.724. The highest BCUT2D eigenvalue weighted by molar-refractivity contribution is 4.91. The minimum Gasteiger partial charge on any atom is -0.327 e. The average molecular weight is 251 g/mol. The third-order valence-corrected chi connectivity index (χ3v) is 5.85. The van der Waals surface area contributed by atoms with Crippen LogP contribution >= 0.6 is 0 Å². The van der Waals surface area contributed by atoms with E-state index >= 15 is 0 Å². The van der Waals surface area contributed by atoms with Crippen molar-refractivity contribution in [1.82, 2.24) is 0 Å². The number of hydrogen-bond donors (Lipinski definition) is 1. The molecule has 0 amide bonds. The van der Waals surface area contributed by atoms with Gasteiger partial charge in [-0.2, -0.15) is 0 Å². The third kappa shape index (κ3) is 3.29. The topological polar surface area (TPSA) is 26.0 Å². The lowest BCUT2D eigenvalue weighted by molar-refractivity contribution is 0.0750. The van der Waals surface area contributed by atoms with Crippen LogP contribution in [0.2, 0.25) is 0 Å². The van der Waals surface area contributed by atoms with Gasteiger partial charge in [0.05, 0.1) is 0 Å². The molecule has 0 saturated heterocycles. The molecule has 18 heavy (non-hydrogen) atoms. The van der Waals surface area contributed by atoms with Crippen LogP contribution in [0.15, 0.2) is 0 Å². The van der Waals surface area contributed by atoms with Gasteiger partial charge in [0.15, 0.2) is 0 Å². The molecular weight excluding hydrogens is 218 g/mol. The highest BCUT2D eigenvalue weighted by Gasteiger charge is 2.38. The Bertz CT molecular complexity index is 257. The Hall–Kier alpha value is -0.0400. The molecule has 0 heterocycles. The first-order chi connectivity index (χ1) is 8.38. The fourth-order valence-electron chi connectivity index (χ4n) is 4.27. The molecular formula is C17H33N. The van der Waals surface area contributed by atoms with E-state index in [9.17, 15) is 0 Å². The van der Waals surface area contributed by atoms with Crippen molar-refractivity contribution in [2.24, 2.45) is 34.8 Å². The third-order valence-electron chi connectivity index (χ3n) is 5.85. The monoisotopic (exact) mass is 251 g/mol. The van der Waals surface area contributed by atoms with Crippen LogP contribution in [0.1, 0.15) is 72.6 Å². The summed E-state index contributed by atoms with van der Waals surface area (Å²) in [5.74, 6) is 3.60. The van der Waals surface area contributed by atoms with Crippen LogP contribution in [-0.2, 0) is 0 Å². The summed E-state index contributed by atoms with van der Waals surface area (Å²) in [4.78, 5) is 0. The van der Waals surface area contributed by atoms with Crippen LogP contribution in [0.5, 0.6) is 0 Å². The van der Waals surface area contributed by atoms with Gasteiger partial charge >= 0.3 is 0 Å². The minimum absolute atomic E-state index is 0.473. The maximum Gasteiger partial charge on any atom is 0.00700 e. The summed E-state index contributed by atoms with van der Waals surface area (Å²) in [5, 5.41) is 0. The molecule has 3 unspecified atom stereocenters. The highest BCUT2D eigenvalue weighted by atomic mass is 14.7. The van der Waals surface area contributed by atoms with Gasteiger partial charge in [-0.1, -0.05) is 40.5 Å². The van der Waals surface area contributed by atoms with Crippen LogP contribution in [0.3, 0.4) is 0 Å². The Morgan fingerprint density at radius 3 is 2.06 bits per heavy atom. The Labute approximate surface area is 114 Å². The molecule has 2 aliphatic carbocycles. The Balaban J connectivity index is 1.97. The zero-order valence-corrected chi connectivity index (χ0v) is 12.9. The number of nitrogens with two attached hydrogens (primary N) is 1. The first-order valence-corrected chi connectivity index (χ1v) is 8.13. The van der Waals surface area contributed by atoms with Crippen molar-refractivity contribution in [3.8, 4) is 0 Å². The molecule has 0 aromatic carbocycles. The molecule has 2 rings (SSSR count). The smallest absolute Gasteiger partial charge is 0.00700 e.